The molecule has 0 amide bonds. The molecular formula is C6H11ClN4. The highest BCUT2D eigenvalue weighted by Crippen LogP contribution is 2.09. The van der Waals surface area contributed by atoms with E-state index in [9.17, 15) is 0 Å². The Labute approximate surface area is 71.2 Å². The first kappa shape index (κ1) is 8.49. The van der Waals surface area contributed by atoms with Crippen molar-refractivity contribution in [2.75, 3.05) is 0 Å². The lowest BCUT2D eigenvalue weighted by Crippen LogP contribution is -2.31. The van der Waals surface area contributed by atoms with Gasteiger partial charge in [-0.15, -0.1) is 22.6 Å². The van der Waals surface area contributed by atoms with Gasteiger partial charge in [-0.3, -0.25) is 0 Å². The van der Waals surface area contributed by atoms with Crippen LogP contribution in [0.1, 0.15) is 12.2 Å². The molecule has 1 aliphatic heterocycles. The van der Waals surface area contributed by atoms with Gasteiger partial charge in [-0.25, -0.2) is 0 Å². The normalized spacial score (nSPS) is 22.1. The molecule has 62 valence electrons. The molecule has 0 aliphatic carbocycles. The fourth-order valence-corrected chi connectivity index (χ4v) is 1.28. The van der Waals surface area contributed by atoms with Crippen molar-refractivity contribution >= 4 is 12.4 Å². The number of aromatic nitrogens is 3. The van der Waals surface area contributed by atoms with Crippen LogP contribution in [-0.2, 0) is 13.0 Å². The van der Waals surface area contributed by atoms with Crippen molar-refractivity contribution in [3.05, 3.63) is 12.2 Å². The van der Waals surface area contributed by atoms with Crippen molar-refractivity contribution in [2.24, 2.45) is 5.73 Å². The van der Waals surface area contributed by atoms with E-state index in [-0.39, 0.29) is 12.4 Å². The fraction of sp³-hybridized carbons (Fsp3) is 0.667. The second-order valence-electron chi connectivity index (χ2n) is 2.70. The van der Waals surface area contributed by atoms with E-state index in [1.165, 1.54) is 0 Å². The molecule has 0 bridgehead atoms. The molecular weight excluding hydrogens is 164 g/mol. The van der Waals surface area contributed by atoms with Crippen LogP contribution in [0.15, 0.2) is 6.33 Å². The minimum Gasteiger partial charge on any atom is -0.326 e. The van der Waals surface area contributed by atoms with Gasteiger partial charge in [0.2, 0.25) is 0 Å². The average Bonchev–Trinajstić information content (AvgIpc) is 2.33. The standard InChI is InChI=1S/C6H10N4.ClH/c7-5-1-2-6-9-8-4-10(6)3-5;/h4-5H,1-3,7H2;1H. The second kappa shape index (κ2) is 3.19. The summed E-state index contributed by atoms with van der Waals surface area (Å²) in [6.07, 6.45) is 3.76. The van der Waals surface area contributed by atoms with E-state index in [1.54, 1.807) is 6.33 Å². The Morgan fingerprint density at radius 2 is 2.45 bits per heavy atom. The van der Waals surface area contributed by atoms with E-state index in [4.69, 9.17) is 5.73 Å². The molecule has 5 heteroatoms. The summed E-state index contributed by atoms with van der Waals surface area (Å²) in [6, 6.07) is 0.295. The van der Waals surface area contributed by atoms with Gasteiger partial charge >= 0.3 is 0 Å². The Balaban J connectivity index is 0.000000605. The Hall–Kier alpha value is -0.610. The van der Waals surface area contributed by atoms with Gasteiger partial charge in [-0.05, 0) is 6.42 Å². The van der Waals surface area contributed by atoms with Crippen molar-refractivity contribution in [3.63, 3.8) is 0 Å². The van der Waals surface area contributed by atoms with E-state index in [2.05, 4.69) is 10.2 Å². The number of halogens is 1. The van der Waals surface area contributed by atoms with Crippen LogP contribution in [0.25, 0.3) is 0 Å². The summed E-state index contributed by atoms with van der Waals surface area (Å²) in [5.74, 6) is 1.07. The van der Waals surface area contributed by atoms with Crippen LogP contribution in [0.3, 0.4) is 0 Å². The van der Waals surface area contributed by atoms with Crippen LogP contribution in [0, 0.1) is 0 Å². The topological polar surface area (TPSA) is 56.7 Å². The first-order valence-electron chi connectivity index (χ1n) is 3.48. The van der Waals surface area contributed by atoms with Gasteiger partial charge in [0.05, 0.1) is 0 Å². The number of nitrogens with zero attached hydrogens (tertiary/aromatic N) is 3. The highest BCUT2D eigenvalue weighted by Gasteiger charge is 2.14. The van der Waals surface area contributed by atoms with Crippen molar-refractivity contribution < 1.29 is 0 Å². The summed E-state index contributed by atoms with van der Waals surface area (Å²) in [6.45, 7) is 0.877. The number of aryl methyl sites for hydroxylation is 1. The molecule has 4 nitrogen and oxygen atoms in total. The molecule has 2 rings (SSSR count). The fourth-order valence-electron chi connectivity index (χ4n) is 1.28. The van der Waals surface area contributed by atoms with Crippen molar-refractivity contribution in [2.45, 2.75) is 25.4 Å². The summed E-state index contributed by atoms with van der Waals surface area (Å²) in [5, 5.41) is 7.74. The highest BCUT2D eigenvalue weighted by atomic mass is 35.5. The summed E-state index contributed by atoms with van der Waals surface area (Å²) < 4.78 is 2.02. The Morgan fingerprint density at radius 1 is 1.64 bits per heavy atom. The maximum Gasteiger partial charge on any atom is 0.132 e. The average molecular weight is 175 g/mol. The Bertz CT molecular complexity index is 234. The van der Waals surface area contributed by atoms with Gasteiger partial charge in [0.25, 0.3) is 0 Å². The number of nitrogens with two attached hydrogens (primary N) is 1. The molecule has 0 radical (unpaired) electrons. The largest absolute Gasteiger partial charge is 0.326 e. The first-order valence-corrected chi connectivity index (χ1v) is 3.48. The third-order valence-electron chi connectivity index (χ3n) is 1.87. The van der Waals surface area contributed by atoms with Gasteiger partial charge in [-0.1, -0.05) is 0 Å². The minimum atomic E-state index is 0. The highest BCUT2D eigenvalue weighted by molar-refractivity contribution is 5.85. The van der Waals surface area contributed by atoms with Gasteiger partial charge in [-0.2, -0.15) is 0 Å². The molecule has 0 spiro atoms. The Morgan fingerprint density at radius 3 is 3.27 bits per heavy atom. The molecule has 0 fully saturated rings. The molecule has 11 heavy (non-hydrogen) atoms. The van der Waals surface area contributed by atoms with Gasteiger partial charge in [0.1, 0.15) is 12.2 Å². The van der Waals surface area contributed by atoms with Crippen LogP contribution in [-0.4, -0.2) is 20.8 Å². The third-order valence-corrected chi connectivity index (χ3v) is 1.87. The van der Waals surface area contributed by atoms with Gasteiger partial charge in [0.15, 0.2) is 0 Å². The predicted octanol–water partition coefficient (Wildman–Crippen LogP) is -0.0266. The lowest BCUT2D eigenvalue weighted by molar-refractivity contribution is 0.453. The van der Waals surface area contributed by atoms with E-state index in [0.29, 0.717) is 6.04 Å². The predicted molar refractivity (Wildman–Crippen MR) is 43.6 cm³/mol. The van der Waals surface area contributed by atoms with Crippen LogP contribution in [0.5, 0.6) is 0 Å². The molecule has 0 saturated heterocycles. The summed E-state index contributed by atoms with van der Waals surface area (Å²) in [5.41, 5.74) is 5.73. The van der Waals surface area contributed by atoms with E-state index >= 15 is 0 Å². The maximum atomic E-state index is 5.73. The van der Waals surface area contributed by atoms with Crippen LogP contribution >= 0.6 is 12.4 Å². The zero-order valence-corrected chi connectivity index (χ0v) is 6.92. The monoisotopic (exact) mass is 174 g/mol. The maximum absolute atomic E-state index is 5.73. The Kier molecular flexibility index (Phi) is 2.46. The molecule has 0 saturated carbocycles. The number of hydrogen-bond acceptors (Lipinski definition) is 3. The SMILES string of the molecule is Cl.NC1CCc2nncn2C1. The van der Waals surface area contributed by atoms with Crippen LogP contribution < -0.4 is 5.73 Å². The van der Waals surface area contributed by atoms with Crippen molar-refractivity contribution in [1.82, 2.24) is 14.8 Å². The molecule has 1 aliphatic rings. The summed E-state index contributed by atoms with van der Waals surface area (Å²) in [4.78, 5) is 0. The lowest BCUT2D eigenvalue weighted by Gasteiger charge is -2.18. The number of fused-ring (bicyclic) bond motifs is 1. The third kappa shape index (κ3) is 1.52. The molecule has 0 aromatic carbocycles. The van der Waals surface area contributed by atoms with Crippen LogP contribution in [0.2, 0.25) is 0 Å². The molecule has 1 unspecified atom stereocenters. The first-order chi connectivity index (χ1) is 4.86. The summed E-state index contributed by atoms with van der Waals surface area (Å²) in [7, 11) is 0. The number of hydrogen-bond donors (Lipinski definition) is 1. The molecule has 1 aromatic rings. The zero-order valence-electron chi connectivity index (χ0n) is 6.10. The molecule has 1 aromatic heterocycles. The molecule has 2 heterocycles. The van der Waals surface area contributed by atoms with E-state index in [0.717, 1.165) is 25.2 Å². The van der Waals surface area contributed by atoms with E-state index in [1.807, 2.05) is 4.57 Å². The minimum absolute atomic E-state index is 0. The van der Waals surface area contributed by atoms with Crippen molar-refractivity contribution in [1.29, 1.82) is 0 Å². The van der Waals surface area contributed by atoms with E-state index < -0.39 is 0 Å². The molecule has 1 atom stereocenters. The molecule has 2 N–H and O–H groups in total. The quantitative estimate of drug-likeness (QED) is 0.601. The smallest absolute Gasteiger partial charge is 0.132 e. The van der Waals surface area contributed by atoms with Crippen molar-refractivity contribution in [3.8, 4) is 0 Å². The lowest BCUT2D eigenvalue weighted by atomic mass is 10.1. The van der Waals surface area contributed by atoms with Gasteiger partial charge in [0, 0.05) is 19.0 Å². The van der Waals surface area contributed by atoms with Crippen LogP contribution in [0.4, 0.5) is 0 Å². The summed E-state index contributed by atoms with van der Waals surface area (Å²) >= 11 is 0. The van der Waals surface area contributed by atoms with Gasteiger partial charge < -0.3 is 10.3 Å². The zero-order chi connectivity index (χ0) is 6.97. The second-order valence-corrected chi connectivity index (χ2v) is 2.70. The number of rotatable bonds is 0.